The lowest BCUT2D eigenvalue weighted by molar-refractivity contribution is -0.122. The van der Waals surface area contributed by atoms with Crippen LogP contribution in [0, 0.1) is 0 Å². The molecule has 6 heteroatoms. The van der Waals surface area contributed by atoms with E-state index in [0.717, 1.165) is 21.8 Å². The third-order valence-corrected chi connectivity index (χ3v) is 4.45. The van der Waals surface area contributed by atoms with E-state index in [1.165, 1.54) is 6.07 Å². The minimum Gasteiger partial charge on any atom is -0.481 e. The number of anilines is 1. The molecule has 1 aromatic heterocycles. The van der Waals surface area contributed by atoms with Crippen molar-refractivity contribution in [2.24, 2.45) is 0 Å². The maximum atomic E-state index is 12.3. The number of amides is 1. The van der Waals surface area contributed by atoms with Crippen molar-refractivity contribution in [2.75, 3.05) is 5.32 Å². The minimum atomic E-state index is -0.715. The van der Waals surface area contributed by atoms with Crippen LogP contribution in [0.1, 0.15) is 19.4 Å². The lowest BCUT2D eigenvalue weighted by atomic mass is 10.1. The van der Waals surface area contributed by atoms with Crippen molar-refractivity contribution in [3.8, 4) is 5.75 Å². The number of carbonyl (C=O) groups is 1. The molecule has 0 saturated heterocycles. The van der Waals surface area contributed by atoms with Gasteiger partial charge in [-0.1, -0.05) is 28.9 Å². The van der Waals surface area contributed by atoms with Crippen molar-refractivity contribution in [3.63, 3.8) is 0 Å². The Morgan fingerprint density at radius 2 is 2.04 bits per heavy atom. The summed E-state index contributed by atoms with van der Waals surface area (Å²) in [5.74, 6) is 0.192. The van der Waals surface area contributed by atoms with Crippen LogP contribution in [-0.2, 0) is 11.2 Å². The molecule has 2 aromatic carbocycles. The van der Waals surface area contributed by atoms with Crippen LogP contribution in [0.3, 0.4) is 0 Å². The number of carbonyl (C=O) groups excluding carboxylic acids is 1. The van der Waals surface area contributed by atoms with E-state index in [1.807, 2.05) is 31.2 Å². The zero-order valence-electron chi connectivity index (χ0n) is 14.4. The van der Waals surface area contributed by atoms with Crippen LogP contribution in [-0.4, -0.2) is 12.0 Å². The van der Waals surface area contributed by atoms with Gasteiger partial charge in [-0.2, -0.15) is 0 Å². The quantitative estimate of drug-likeness (QED) is 0.621. The van der Waals surface area contributed by atoms with E-state index in [2.05, 4.69) is 21.2 Å². The second-order valence-corrected chi connectivity index (χ2v) is 6.78. The number of benzene rings is 2. The zero-order chi connectivity index (χ0) is 18.7. The van der Waals surface area contributed by atoms with Crippen molar-refractivity contribution < 1.29 is 13.9 Å². The van der Waals surface area contributed by atoms with Crippen LogP contribution < -0.4 is 15.7 Å². The topological polar surface area (TPSA) is 68.5 Å². The summed E-state index contributed by atoms with van der Waals surface area (Å²) in [6.45, 7) is 3.64. The van der Waals surface area contributed by atoms with Gasteiger partial charge in [0, 0.05) is 27.7 Å². The molecule has 1 N–H and O–H groups in total. The molecule has 0 bridgehead atoms. The Kier molecular flexibility index (Phi) is 5.42. The fraction of sp³-hybridized carbons (Fsp3) is 0.200. The monoisotopic (exact) mass is 415 g/mol. The van der Waals surface area contributed by atoms with E-state index in [9.17, 15) is 9.59 Å². The van der Waals surface area contributed by atoms with Gasteiger partial charge in [0.15, 0.2) is 6.10 Å². The molecule has 3 aromatic rings. The number of ether oxygens (including phenoxy) is 1. The van der Waals surface area contributed by atoms with Gasteiger partial charge in [0.05, 0.1) is 0 Å². The highest BCUT2D eigenvalue weighted by molar-refractivity contribution is 9.10. The van der Waals surface area contributed by atoms with E-state index in [-0.39, 0.29) is 5.91 Å². The molecule has 1 amide bonds. The molecule has 1 atom stereocenters. The molecule has 26 heavy (non-hydrogen) atoms. The van der Waals surface area contributed by atoms with Crippen LogP contribution in [0.4, 0.5) is 5.69 Å². The lowest BCUT2D eigenvalue weighted by Crippen LogP contribution is -2.30. The summed E-state index contributed by atoms with van der Waals surface area (Å²) in [6, 6.07) is 14.1. The maximum absolute atomic E-state index is 12.3. The summed E-state index contributed by atoms with van der Waals surface area (Å²) in [5.41, 5.74) is 1.65. The maximum Gasteiger partial charge on any atom is 0.336 e. The van der Waals surface area contributed by atoms with Gasteiger partial charge in [-0.25, -0.2) is 4.79 Å². The Bertz CT molecular complexity index is 1010. The Morgan fingerprint density at radius 3 is 2.77 bits per heavy atom. The van der Waals surface area contributed by atoms with Crippen molar-refractivity contribution in [1.82, 2.24) is 0 Å². The summed E-state index contributed by atoms with van der Waals surface area (Å²) >= 11 is 3.36. The van der Waals surface area contributed by atoms with E-state index >= 15 is 0 Å². The summed E-state index contributed by atoms with van der Waals surface area (Å²) in [4.78, 5) is 24.0. The van der Waals surface area contributed by atoms with Gasteiger partial charge in [0.25, 0.3) is 5.91 Å². The first-order chi connectivity index (χ1) is 12.5. The predicted molar refractivity (Wildman–Crippen MR) is 105 cm³/mol. The summed E-state index contributed by atoms with van der Waals surface area (Å²) in [7, 11) is 0. The Labute approximate surface area is 159 Å². The zero-order valence-corrected chi connectivity index (χ0v) is 16.0. The second kappa shape index (κ2) is 7.74. The van der Waals surface area contributed by atoms with E-state index in [0.29, 0.717) is 17.0 Å². The highest BCUT2D eigenvalue weighted by Gasteiger charge is 2.16. The molecule has 5 nitrogen and oxygen atoms in total. The van der Waals surface area contributed by atoms with Crippen LogP contribution in [0.2, 0.25) is 0 Å². The molecular weight excluding hydrogens is 398 g/mol. The molecule has 1 heterocycles. The van der Waals surface area contributed by atoms with E-state index in [4.69, 9.17) is 9.15 Å². The molecule has 0 spiro atoms. The number of halogens is 1. The Hall–Kier alpha value is -2.60. The number of nitrogens with one attached hydrogen (secondary N) is 1. The minimum absolute atomic E-state index is 0.271. The second-order valence-electron chi connectivity index (χ2n) is 5.86. The van der Waals surface area contributed by atoms with Gasteiger partial charge >= 0.3 is 5.63 Å². The Balaban J connectivity index is 1.77. The molecular formula is C20H18BrNO4. The lowest BCUT2D eigenvalue weighted by Gasteiger charge is -2.15. The SMILES string of the molecule is CCc1cc(=O)oc2cc(O[C@@H](C)C(=O)Nc3cccc(Br)c3)ccc12. The van der Waals surface area contributed by atoms with Crippen molar-refractivity contribution in [2.45, 2.75) is 26.4 Å². The highest BCUT2D eigenvalue weighted by Crippen LogP contribution is 2.24. The number of hydrogen-bond donors (Lipinski definition) is 1. The van der Waals surface area contributed by atoms with Crippen LogP contribution >= 0.6 is 15.9 Å². The predicted octanol–water partition coefficient (Wildman–Crippen LogP) is 4.52. The average molecular weight is 416 g/mol. The van der Waals surface area contributed by atoms with Gasteiger partial charge in [-0.15, -0.1) is 0 Å². The average Bonchev–Trinajstić information content (AvgIpc) is 2.60. The first-order valence-electron chi connectivity index (χ1n) is 8.26. The standard InChI is InChI=1S/C20H18BrNO4/c1-3-13-9-19(23)26-18-11-16(7-8-17(13)18)25-12(2)20(24)22-15-6-4-5-14(21)10-15/h4-12H,3H2,1-2H3,(H,22,24)/t12-/m0/s1. The fourth-order valence-electron chi connectivity index (χ4n) is 2.64. The number of fused-ring (bicyclic) bond motifs is 1. The molecule has 0 fully saturated rings. The van der Waals surface area contributed by atoms with Gasteiger partial charge in [0.1, 0.15) is 11.3 Å². The molecule has 0 unspecified atom stereocenters. The summed E-state index contributed by atoms with van der Waals surface area (Å²) < 4.78 is 11.8. The normalized spacial score (nSPS) is 12.0. The molecule has 134 valence electrons. The first-order valence-corrected chi connectivity index (χ1v) is 9.05. The molecule has 0 radical (unpaired) electrons. The van der Waals surface area contributed by atoms with Crippen molar-refractivity contribution >= 4 is 38.5 Å². The van der Waals surface area contributed by atoms with Gasteiger partial charge in [0.2, 0.25) is 0 Å². The van der Waals surface area contributed by atoms with Crippen molar-refractivity contribution in [3.05, 3.63) is 69.0 Å². The number of rotatable bonds is 5. The van der Waals surface area contributed by atoms with E-state index < -0.39 is 11.7 Å². The van der Waals surface area contributed by atoms with Crippen LogP contribution in [0.25, 0.3) is 11.0 Å². The highest BCUT2D eigenvalue weighted by atomic mass is 79.9. The third kappa shape index (κ3) is 4.14. The summed E-state index contributed by atoms with van der Waals surface area (Å²) in [5, 5.41) is 3.67. The molecule has 3 rings (SSSR count). The first kappa shape index (κ1) is 18.2. The molecule has 0 aliphatic rings. The number of hydrogen-bond acceptors (Lipinski definition) is 4. The smallest absolute Gasteiger partial charge is 0.336 e. The van der Waals surface area contributed by atoms with E-state index in [1.54, 1.807) is 25.1 Å². The van der Waals surface area contributed by atoms with Gasteiger partial charge in [-0.05, 0) is 49.2 Å². The Morgan fingerprint density at radius 1 is 1.23 bits per heavy atom. The largest absolute Gasteiger partial charge is 0.481 e. The summed E-state index contributed by atoms with van der Waals surface area (Å²) in [6.07, 6.45) is 0.0146. The van der Waals surface area contributed by atoms with Gasteiger partial charge in [-0.3, -0.25) is 4.79 Å². The third-order valence-electron chi connectivity index (χ3n) is 3.96. The van der Waals surface area contributed by atoms with Crippen LogP contribution in [0.5, 0.6) is 5.75 Å². The van der Waals surface area contributed by atoms with Crippen LogP contribution in [0.15, 0.2) is 62.2 Å². The molecule has 0 aliphatic heterocycles. The fourth-order valence-corrected chi connectivity index (χ4v) is 3.04. The van der Waals surface area contributed by atoms with Gasteiger partial charge < -0.3 is 14.5 Å². The molecule has 0 aliphatic carbocycles. The molecule has 0 saturated carbocycles. The van der Waals surface area contributed by atoms with Crippen molar-refractivity contribution in [1.29, 1.82) is 0 Å². The number of aryl methyl sites for hydroxylation is 1.